The highest BCUT2D eigenvalue weighted by Gasteiger charge is 2.20. The Bertz CT molecular complexity index is 479. The molecule has 0 saturated carbocycles. The number of likely N-dealkylation sites (tertiary alicyclic amines) is 1. The van der Waals surface area contributed by atoms with E-state index in [1.165, 1.54) is 0 Å². The fourth-order valence-electron chi connectivity index (χ4n) is 2.48. The number of carbonyl (C=O) groups is 1. The van der Waals surface area contributed by atoms with Gasteiger partial charge in [0.15, 0.2) is 0 Å². The van der Waals surface area contributed by atoms with E-state index in [2.05, 4.69) is 17.3 Å². The van der Waals surface area contributed by atoms with Gasteiger partial charge in [0, 0.05) is 31.5 Å². The average Bonchev–Trinajstić information content (AvgIpc) is 2.41. The standard InChI is InChI=1S/C15H24N4O/c1-18(2)15(20)13-5-4-11(16)10-14(13)17-12-6-8-19(3)9-7-12/h4-5,10,12,17H,6-9,16H2,1-3H3. The Balaban J connectivity index is 2.17. The molecule has 1 aromatic carbocycles. The van der Waals surface area contributed by atoms with Gasteiger partial charge in [-0.3, -0.25) is 4.79 Å². The zero-order valence-corrected chi connectivity index (χ0v) is 12.5. The zero-order chi connectivity index (χ0) is 14.7. The lowest BCUT2D eigenvalue weighted by Crippen LogP contribution is -2.37. The van der Waals surface area contributed by atoms with E-state index in [1.807, 2.05) is 6.07 Å². The number of amides is 1. The van der Waals surface area contributed by atoms with Gasteiger partial charge in [0.2, 0.25) is 0 Å². The molecule has 0 aromatic heterocycles. The minimum atomic E-state index is 0.000396. The van der Waals surface area contributed by atoms with Crippen LogP contribution < -0.4 is 11.1 Å². The van der Waals surface area contributed by atoms with E-state index in [0.29, 0.717) is 17.3 Å². The second kappa shape index (κ2) is 6.13. The lowest BCUT2D eigenvalue weighted by atomic mass is 10.0. The van der Waals surface area contributed by atoms with Gasteiger partial charge in [0.25, 0.3) is 5.91 Å². The summed E-state index contributed by atoms with van der Waals surface area (Å²) < 4.78 is 0. The van der Waals surface area contributed by atoms with Crippen molar-refractivity contribution in [3.8, 4) is 0 Å². The Morgan fingerprint density at radius 1 is 1.35 bits per heavy atom. The fourth-order valence-corrected chi connectivity index (χ4v) is 2.48. The monoisotopic (exact) mass is 276 g/mol. The van der Waals surface area contributed by atoms with Crippen LogP contribution in [-0.4, -0.2) is 56.0 Å². The van der Waals surface area contributed by atoms with E-state index < -0.39 is 0 Å². The number of nitrogens with one attached hydrogen (secondary N) is 1. The van der Waals surface area contributed by atoms with Crippen molar-refractivity contribution in [2.75, 3.05) is 45.3 Å². The third-order valence-electron chi connectivity index (χ3n) is 3.76. The van der Waals surface area contributed by atoms with E-state index in [-0.39, 0.29) is 5.91 Å². The van der Waals surface area contributed by atoms with Crippen molar-refractivity contribution < 1.29 is 4.79 Å². The molecule has 2 rings (SSSR count). The highest BCUT2D eigenvalue weighted by Crippen LogP contribution is 2.23. The summed E-state index contributed by atoms with van der Waals surface area (Å²) in [5, 5.41) is 3.49. The Morgan fingerprint density at radius 2 is 2.00 bits per heavy atom. The van der Waals surface area contributed by atoms with Crippen LogP contribution in [0.3, 0.4) is 0 Å². The van der Waals surface area contributed by atoms with Crippen LogP contribution in [0.4, 0.5) is 11.4 Å². The van der Waals surface area contributed by atoms with Crippen LogP contribution in [0.15, 0.2) is 18.2 Å². The number of carbonyl (C=O) groups excluding carboxylic acids is 1. The lowest BCUT2D eigenvalue weighted by molar-refractivity contribution is 0.0828. The number of benzene rings is 1. The number of piperidine rings is 1. The molecule has 0 unspecified atom stereocenters. The first kappa shape index (κ1) is 14.7. The van der Waals surface area contributed by atoms with Gasteiger partial charge >= 0.3 is 0 Å². The van der Waals surface area contributed by atoms with Gasteiger partial charge in [-0.1, -0.05) is 0 Å². The summed E-state index contributed by atoms with van der Waals surface area (Å²) in [5.41, 5.74) is 8.06. The molecule has 1 aromatic rings. The number of rotatable bonds is 3. The minimum Gasteiger partial charge on any atom is -0.399 e. The van der Waals surface area contributed by atoms with Crippen molar-refractivity contribution in [2.24, 2.45) is 0 Å². The zero-order valence-electron chi connectivity index (χ0n) is 12.5. The molecule has 1 heterocycles. The first-order chi connectivity index (χ1) is 9.47. The van der Waals surface area contributed by atoms with Crippen LogP contribution in [0.25, 0.3) is 0 Å². The predicted octanol–water partition coefficient (Wildman–Crippen LogP) is 1.48. The molecule has 0 atom stereocenters. The molecule has 5 heteroatoms. The molecule has 0 spiro atoms. The summed E-state index contributed by atoms with van der Waals surface area (Å²) in [6.45, 7) is 2.16. The van der Waals surface area contributed by atoms with Crippen LogP contribution in [0.5, 0.6) is 0 Å². The summed E-state index contributed by atoms with van der Waals surface area (Å²) >= 11 is 0. The number of hydrogen-bond acceptors (Lipinski definition) is 4. The predicted molar refractivity (Wildman–Crippen MR) is 83.0 cm³/mol. The van der Waals surface area contributed by atoms with E-state index in [4.69, 9.17) is 5.73 Å². The third-order valence-corrected chi connectivity index (χ3v) is 3.76. The SMILES string of the molecule is CN1CCC(Nc2cc(N)ccc2C(=O)N(C)C)CC1. The first-order valence-electron chi connectivity index (χ1n) is 7.03. The smallest absolute Gasteiger partial charge is 0.255 e. The van der Waals surface area contributed by atoms with Gasteiger partial charge in [-0.2, -0.15) is 0 Å². The molecule has 3 N–H and O–H groups in total. The second-order valence-corrected chi connectivity index (χ2v) is 5.73. The molecule has 1 saturated heterocycles. The molecular formula is C15H24N4O. The van der Waals surface area contributed by atoms with E-state index in [0.717, 1.165) is 31.6 Å². The van der Waals surface area contributed by atoms with Gasteiger partial charge in [-0.25, -0.2) is 0 Å². The average molecular weight is 276 g/mol. The highest BCUT2D eigenvalue weighted by atomic mass is 16.2. The van der Waals surface area contributed by atoms with Crippen molar-refractivity contribution in [3.63, 3.8) is 0 Å². The molecule has 110 valence electrons. The van der Waals surface area contributed by atoms with Crippen LogP contribution in [0.1, 0.15) is 23.2 Å². The van der Waals surface area contributed by atoms with Gasteiger partial charge in [0.05, 0.1) is 5.56 Å². The summed E-state index contributed by atoms with van der Waals surface area (Å²) in [4.78, 5) is 16.1. The molecule has 1 amide bonds. The van der Waals surface area contributed by atoms with Crippen molar-refractivity contribution in [2.45, 2.75) is 18.9 Å². The molecule has 20 heavy (non-hydrogen) atoms. The van der Waals surface area contributed by atoms with E-state index in [9.17, 15) is 4.79 Å². The molecule has 1 fully saturated rings. The van der Waals surface area contributed by atoms with Crippen LogP contribution in [-0.2, 0) is 0 Å². The number of nitrogens with two attached hydrogens (primary N) is 1. The van der Waals surface area contributed by atoms with Crippen LogP contribution in [0.2, 0.25) is 0 Å². The maximum Gasteiger partial charge on any atom is 0.255 e. The number of nitrogen functional groups attached to an aromatic ring is 1. The van der Waals surface area contributed by atoms with E-state index >= 15 is 0 Å². The molecule has 1 aliphatic rings. The second-order valence-electron chi connectivity index (χ2n) is 5.73. The van der Waals surface area contributed by atoms with Gasteiger partial charge < -0.3 is 20.9 Å². The topological polar surface area (TPSA) is 61.6 Å². The summed E-state index contributed by atoms with van der Waals surface area (Å²) in [5.74, 6) is 0.000396. The maximum absolute atomic E-state index is 12.2. The lowest BCUT2D eigenvalue weighted by Gasteiger charge is -2.31. The third kappa shape index (κ3) is 3.42. The largest absolute Gasteiger partial charge is 0.399 e. The van der Waals surface area contributed by atoms with E-state index in [1.54, 1.807) is 31.1 Å². The van der Waals surface area contributed by atoms with Crippen LogP contribution in [0, 0.1) is 0 Å². The van der Waals surface area contributed by atoms with Gasteiger partial charge in [0.1, 0.15) is 0 Å². The van der Waals surface area contributed by atoms with Gasteiger partial charge in [-0.15, -0.1) is 0 Å². The normalized spacial score (nSPS) is 16.9. The Morgan fingerprint density at radius 3 is 2.60 bits per heavy atom. The Labute approximate surface area is 120 Å². The number of hydrogen-bond donors (Lipinski definition) is 2. The Kier molecular flexibility index (Phi) is 4.49. The summed E-state index contributed by atoms with van der Waals surface area (Å²) in [6, 6.07) is 5.84. The molecule has 1 aliphatic heterocycles. The first-order valence-corrected chi connectivity index (χ1v) is 7.03. The molecule has 0 bridgehead atoms. The molecule has 0 radical (unpaired) electrons. The minimum absolute atomic E-state index is 0.000396. The molecule has 5 nitrogen and oxygen atoms in total. The van der Waals surface area contributed by atoms with Crippen LogP contribution >= 0.6 is 0 Å². The van der Waals surface area contributed by atoms with Crippen molar-refractivity contribution >= 4 is 17.3 Å². The van der Waals surface area contributed by atoms with Crippen molar-refractivity contribution in [3.05, 3.63) is 23.8 Å². The molecular weight excluding hydrogens is 252 g/mol. The summed E-state index contributed by atoms with van der Waals surface area (Å²) in [7, 11) is 5.66. The quantitative estimate of drug-likeness (QED) is 0.821. The fraction of sp³-hybridized carbons (Fsp3) is 0.533. The summed E-state index contributed by atoms with van der Waals surface area (Å²) in [6.07, 6.45) is 2.17. The number of nitrogens with zero attached hydrogens (tertiary/aromatic N) is 2. The molecule has 0 aliphatic carbocycles. The van der Waals surface area contributed by atoms with Crippen molar-refractivity contribution in [1.82, 2.24) is 9.80 Å². The van der Waals surface area contributed by atoms with Crippen molar-refractivity contribution in [1.29, 1.82) is 0 Å². The highest BCUT2D eigenvalue weighted by molar-refractivity contribution is 6.00. The van der Waals surface area contributed by atoms with Gasteiger partial charge in [-0.05, 0) is 51.2 Å². The maximum atomic E-state index is 12.2. The Hall–Kier alpha value is -1.75. The number of anilines is 2.